The second kappa shape index (κ2) is 6.72. The maximum atomic E-state index is 12.4. The molecule has 0 radical (unpaired) electrons. The van der Waals surface area contributed by atoms with Crippen molar-refractivity contribution in [2.75, 3.05) is 38.7 Å². The Morgan fingerprint density at radius 3 is 2.85 bits per heavy atom. The van der Waals surface area contributed by atoms with Gasteiger partial charge < -0.3 is 20.3 Å². The Balaban J connectivity index is 2.10. The van der Waals surface area contributed by atoms with E-state index in [1.807, 2.05) is 17.0 Å². The molecule has 1 aromatic rings. The largest absolute Gasteiger partial charge is 0.380 e. The lowest BCUT2D eigenvalue weighted by Crippen LogP contribution is -2.37. The third kappa shape index (κ3) is 3.29. The van der Waals surface area contributed by atoms with Crippen molar-refractivity contribution in [3.8, 4) is 0 Å². The fourth-order valence-corrected chi connectivity index (χ4v) is 2.49. The van der Waals surface area contributed by atoms with E-state index in [-0.39, 0.29) is 12.0 Å². The Labute approximate surface area is 120 Å². The lowest BCUT2D eigenvalue weighted by molar-refractivity contribution is -0.134. The summed E-state index contributed by atoms with van der Waals surface area (Å²) in [5.41, 5.74) is 7.97. The Morgan fingerprint density at radius 1 is 1.40 bits per heavy atom. The Morgan fingerprint density at radius 2 is 2.15 bits per heavy atom. The summed E-state index contributed by atoms with van der Waals surface area (Å²) in [4.78, 5) is 16.5. The first kappa shape index (κ1) is 14.8. The molecule has 0 saturated carbocycles. The highest BCUT2D eigenvalue weighted by Gasteiger charge is 2.22. The molecular weight excluding hydrogens is 254 g/mol. The van der Waals surface area contributed by atoms with Gasteiger partial charge in [0, 0.05) is 46.0 Å². The van der Waals surface area contributed by atoms with Crippen molar-refractivity contribution in [2.24, 2.45) is 5.73 Å². The molecule has 0 aromatic heterocycles. The fraction of sp³-hybridized carbons (Fsp3) is 0.533. The van der Waals surface area contributed by atoms with E-state index >= 15 is 0 Å². The van der Waals surface area contributed by atoms with Gasteiger partial charge in [-0.25, -0.2) is 0 Å². The molecule has 1 amide bonds. The summed E-state index contributed by atoms with van der Waals surface area (Å²) in [6.45, 7) is 2.58. The van der Waals surface area contributed by atoms with Crippen molar-refractivity contribution in [1.29, 1.82) is 0 Å². The van der Waals surface area contributed by atoms with Gasteiger partial charge in [0.15, 0.2) is 0 Å². The molecule has 2 N–H and O–H groups in total. The zero-order chi connectivity index (χ0) is 14.5. The van der Waals surface area contributed by atoms with Crippen LogP contribution in [0.1, 0.15) is 12.0 Å². The second-order valence-corrected chi connectivity index (χ2v) is 5.16. The molecule has 0 bridgehead atoms. The van der Waals surface area contributed by atoms with Crippen molar-refractivity contribution in [1.82, 2.24) is 4.90 Å². The average Bonchev–Trinajstić information content (AvgIpc) is 2.64. The summed E-state index contributed by atoms with van der Waals surface area (Å²) in [5.74, 6) is 0.104. The molecule has 1 heterocycles. The second-order valence-electron chi connectivity index (χ2n) is 5.16. The summed E-state index contributed by atoms with van der Waals surface area (Å²) in [5, 5.41) is 0. The van der Waals surface area contributed by atoms with Gasteiger partial charge in [0.25, 0.3) is 0 Å². The third-order valence-corrected chi connectivity index (χ3v) is 3.82. The van der Waals surface area contributed by atoms with Crippen LogP contribution in [0.15, 0.2) is 24.3 Å². The smallest absolute Gasteiger partial charge is 0.225 e. The first-order valence-corrected chi connectivity index (χ1v) is 6.95. The first-order valence-electron chi connectivity index (χ1n) is 6.95. The van der Waals surface area contributed by atoms with Crippen LogP contribution in [0.2, 0.25) is 0 Å². The quantitative estimate of drug-likeness (QED) is 0.885. The number of para-hydroxylation sites is 1. The van der Waals surface area contributed by atoms with E-state index in [0.29, 0.717) is 19.5 Å². The summed E-state index contributed by atoms with van der Waals surface area (Å²) < 4.78 is 5.20. The van der Waals surface area contributed by atoms with Gasteiger partial charge in [0.05, 0.1) is 12.5 Å². The number of nitrogens with two attached hydrogens (primary N) is 1. The van der Waals surface area contributed by atoms with Gasteiger partial charge in [-0.15, -0.1) is 0 Å². The Bertz CT molecular complexity index is 460. The molecule has 1 atom stereocenters. The zero-order valence-corrected chi connectivity index (χ0v) is 12.2. The number of anilines is 1. The first-order chi connectivity index (χ1) is 9.65. The molecule has 0 saturated heterocycles. The van der Waals surface area contributed by atoms with Gasteiger partial charge in [-0.2, -0.15) is 0 Å². The lowest BCUT2D eigenvalue weighted by atomic mass is 10.1. The van der Waals surface area contributed by atoms with E-state index in [0.717, 1.165) is 13.1 Å². The number of hydrogen-bond acceptors (Lipinski definition) is 4. The van der Waals surface area contributed by atoms with Gasteiger partial charge in [-0.05, 0) is 11.6 Å². The number of amides is 1. The maximum Gasteiger partial charge on any atom is 0.225 e. The number of rotatable bonds is 4. The van der Waals surface area contributed by atoms with Gasteiger partial charge in [-0.1, -0.05) is 18.2 Å². The van der Waals surface area contributed by atoms with Crippen LogP contribution in [-0.4, -0.2) is 50.7 Å². The zero-order valence-electron chi connectivity index (χ0n) is 12.2. The number of likely N-dealkylation sites (N-methyl/N-ethyl adjacent to an activating group) is 1. The van der Waals surface area contributed by atoms with Crippen molar-refractivity contribution in [2.45, 2.75) is 19.1 Å². The summed E-state index contributed by atoms with van der Waals surface area (Å²) in [6, 6.07) is 8.22. The van der Waals surface area contributed by atoms with Crippen molar-refractivity contribution >= 4 is 11.6 Å². The Hall–Kier alpha value is -1.59. The lowest BCUT2D eigenvalue weighted by Gasteiger charge is -2.23. The topological polar surface area (TPSA) is 58.8 Å². The number of nitrogens with zero attached hydrogens (tertiary/aromatic N) is 2. The number of benzene rings is 1. The molecule has 0 fully saturated rings. The normalized spacial score (nSPS) is 16.6. The molecule has 110 valence electrons. The SMILES string of the molecule is COC(CN)CC(=O)N1CCN(C)c2ccccc2C1. The summed E-state index contributed by atoms with van der Waals surface area (Å²) in [6.07, 6.45) is 0.150. The third-order valence-electron chi connectivity index (χ3n) is 3.82. The van der Waals surface area contributed by atoms with Crippen molar-refractivity contribution in [3.05, 3.63) is 29.8 Å². The van der Waals surface area contributed by atoms with Crippen LogP contribution >= 0.6 is 0 Å². The van der Waals surface area contributed by atoms with E-state index in [4.69, 9.17) is 10.5 Å². The van der Waals surface area contributed by atoms with Crippen LogP contribution in [0.3, 0.4) is 0 Å². The molecule has 5 heteroatoms. The average molecular weight is 277 g/mol. The molecule has 2 rings (SSSR count). The van der Waals surface area contributed by atoms with Gasteiger partial charge in [0.2, 0.25) is 5.91 Å². The minimum Gasteiger partial charge on any atom is -0.380 e. The predicted octanol–water partition coefficient (Wildman–Crippen LogP) is 0.829. The molecule has 1 unspecified atom stereocenters. The number of carbonyl (C=O) groups is 1. The van der Waals surface area contributed by atoms with Crippen LogP contribution in [0, 0.1) is 0 Å². The number of methoxy groups -OCH3 is 1. The standard InChI is InChI=1S/C15H23N3O2/c1-17-7-8-18(15(19)9-13(10-16)20-2)11-12-5-3-4-6-14(12)17/h3-6,13H,7-11,16H2,1-2H3. The van der Waals surface area contributed by atoms with Crippen LogP contribution in [0.25, 0.3) is 0 Å². The molecule has 20 heavy (non-hydrogen) atoms. The van der Waals surface area contributed by atoms with Gasteiger partial charge >= 0.3 is 0 Å². The van der Waals surface area contributed by atoms with Crippen LogP contribution in [-0.2, 0) is 16.1 Å². The van der Waals surface area contributed by atoms with E-state index in [1.165, 1.54) is 11.3 Å². The number of ether oxygens (including phenoxy) is 1. The maximum absolute atomic E-state index is 12.4. The number of hydrogen-bond donors (Lipinski definition) is 1. The minimum atomic E-state index is -0.196. The summed E-state index contributed by atoms with van der Waals surface area (Å²) >= 11 is 0. The van der Waals surface area contributed by atoms with E-state index in [2.05, 4.69) is 24.1 Å². The summed E-state index contributed by atoms with van der Waals surface area (Å²) in [7, 11) is 3.65. The molecule has 0 spiro atoms. The molecule has 0 aliphatic carbocycles. The minimum absolute atomic E-state index is 0.104. The highest BCUT2D eigenvalue weighted by atomic mass is 16.5. The van der Waals surface area contributed by atoms with Crippen molar-refractivity contribution < 1.29 is 9.53 Å². The van der Waals surface area contributed by atoms with Crippen LogP contribution in [0.4, 0.5) is 5.69 Å². The molecule has 5 nitrogen and oxygen atoms in total. The molecule has 1 aliphatic heterocycles. The van der Waals surface area contributed by atoms with E-state index in [1.54, 1.807) is 7.11 Å². The van der Waals surface area contributed by atoms with E-state index in [9.17, 15) is 4.79 Å². The van der Waals surface area contributed by atoms with E-state index < -0.39 is 0 Å². The molecular formula is C15H23N3O2. The predicted molar refractivity (Wildman–Crippen MR) is 79.6 cm³/mol. The van der Waals surface area contributed by atoms with Crippen LogP contribution in [0.5, 0.6) is 0 Å². The molecule has 1 aliphatic rings. The van der Waals surface area contributed by atoms with Crippen molar-refractivity contribution in [3.63, 3.8) is 0 Å². The monoisotopic (exact) mass is 277 g/mol. The van der Waals surface area contributed by atoms with Crippen LogP contribution < -0.4 is 10.6 Å². The number of carbonyl (C=O) groups excluding carboxylic acids is 1. The van der Waals surface area contributed by atoms with Gasteiger partial charge in [0.1, 0.15) is 0 Å². The highest BCUT2D eigenvalue weighted by molar-refractivity contribution is 5.77. The number of fused-ring (bicyclic) bond motifs is 1. The molecule has 1 aromatic carbocycles. The van der Waals surface area contributed by atoms with Gasteiger partial charge in [-0.3, -0.25) is 4.79 Å². The fourth-order valence-electron chi connectivity index (χ4n) is 2.49. The Kier molecular flexibility index (Phi) is 4.98. The highest BCUT2D eigenvalue weighted by Crippen LogP contribution is 2.24.